The Bertz CT molecular complexity index is 282. The first-order chi connectivity index (χ1) is 8.50. The summed E-state index contributed by atoms with van der Waals surface area (Å²) in [6.07, 6.45) is 3.33. The summed E-state index contributed by atoms with van der Waals surface area (Å²) in [5.41, 5.74) is -0.355. The van der Waals surface area contributed by atoms with Crippen LogP contribution in [0.1, 0.15) is 47.0 Å². The highest BCUT2D eigenvalue weighted by Gasteiger charge is 2.28. The van der Waals surface area contributed by atoms with Crippen LogP contribution < -0.4 is 5.32 Å². The zero-order valence-electron chi connectivity index (χ0n) is 12.5. The molecule has 0 aromatic carbocycles. The summed E-state index contributed by atoms with van der Waals surface area (Å²) in [5, 5.41) is 12.7. The second kappa shape index (κ2) is 7.11. The molecule has 1 fully saturated rings. The summed E-state index contributed by atoms with van der Waals surface area (Å²) in [4.78, 5) is 2.52. The van der Waals surface area contributed by atoms with Gasteiger partial charge < -0.3 is 4.90 Å². The van der Waals surface area contributed by atoms with Gasteiger partial charge in [0.1, 0.15) is 5.54 Å². The van der Waals surface area contributed by atoms with Crippen molar-refractivity contribution in [1.29, 1.82) is 5.26 Å². The van der Waals surface area contributed by atoms with Crippen molar-refractivity contribution in [1.82, 2.24) is 10.2 Å². The maximum absolute atomic E-state index is 9.30. The molecule has 18 heavy (non-hydrogen) atoms. The SMILES string of the molecule is CCCNC(C)(C#N)CCN1CCC(C(C)C)C1. The summed E-state index contributed by atoms with van der Waals surface area (Å²) < 4.78 is 0. The fraction of sp³-hybridized carbons (Fsp3) is 0.933. The molecule has 3 heteroatoms. The van der Waals surface area contributed by atoms with E-state index in [9.17, 15) is 5.26 Å². The van der Waals surface area contributed by atoms with Crippen molar-refractivity contribution in [3.8, 4) is 6.07 Å². The fourth-order valence-electron chi connectivity index (χ4n) is 2.58. The van der Waals surface area contributed by atoms with E-state index in [0.29, 0.717) is 0 Å². The molecule has 0 amide bonds. The lowest BCUT2D eigenvalue weighted by molar-refractivity contribution is 0.270. The third-order valence-corrected chi connectivity index (χ3v) is 4.19. The van der Waals surface area contributed by atoms with Crippen molar-refractivity contribution in [2.45, 2.75) is 52.5 Å². The molecule has 0 radical (unpaired) electrons. The number of nitrogens with one attached hydrogen (secondary N) is 1. The number of nitriles is 1. The second-order valence-corrected chi connectivity index (χ2v) is 6.21. The van der Waals surface area contributed by atoms with Crippen LogP contribution in [-0.4, -0.2) is 36.6 Å². The number of nitrogens with zero attached hydrogens (tertiary/aromatic N) is 2. The van der Waals surface area contributed by atoms with E-state index in [0.717, 1.165) is 37.8 Å². The lowest BCUT2D eigenvalue weighted by Gasteiger charge is -2.26. The predicted octanol–water partition coefficient (Wildman–Crippen LogP) is 2.64. The first kappa shape index (κ1) is 15.5. The highest BCUT2D eigenvalue weighted by Crippen LogP contribution is 2.24. The van der Waals surface area contributed by atoms with Crippen molar-refractivity contribution in [3.63, 3.8) is 0 Å². The molecule has 104 valence electrons. The van der Waals surface area contributed by atoms with E-state index in [4.69, 9.17) is 0 Å². The summed E-state index contributed by atoms with van der Waals surface area (Å²) in [6, 6.07) is 2.43. The highest BCUT2D eigenvalue weighted by molar-refractivity contribution is 5.04. The molecule has 2 unspecified atom stereocenters. The van der Waals surface area contributed by atoms with Gasteiger partial charge in [-0.05, 0) is 51.1 Å². The molecule has 3 nitrogen and oxygen atoms in total. The summed E-state index contributed by atoms with van der Waals surface area (Å²) in [5.74, 6) is 1.64. The zero-order chi connectivity index (χ0) is 13.6. The number of hydrogen-bond donors (Lipinski definition) is 1. The van der Waals surface area contributed by atoms with Gasteiger partial charge in [0.2, 0.25) is 0 Å². The summed E-state index contributed by atoms with van der Waals surface area (Å²) >= 11 is 0. The minimum absolute atomic E-state index is 0.355. The number of rotatable bonds is 7. The van der Waals surface area contributed by atoms with E-state index < -0.39 is 0 Å². The quantitative estimate of drug-likeness (QED) is 0.756. The van der Waals surface area contributed by atoms with Crippen LogP contribution in [-0.2, 0) is 0 Å². The zero-order valence-corrected chi connectivity index (χ0v) is 12.5. The van der Waals surface area contributed by atoms with Gasteiger partial charge in [-0.25, -0.2) is 0 Å². The van der Waals surface area contributed by atoms with E-state index in [-0.39, 0.29) is 5.54 Å². The number of hydrogen-bond acceptors (Lipinski definition) is 3. The third-order valence-electron chi connectivity index (χ3n) is 4.19. The molecule has 1 N–H and O–H groups in total. The molecule has 1 heterocycles. The topological polar surface area (TPSA) is 39.1 Å². The molecular formula is C15H29N3. The largest absolute Gasteiger partial charge is 0.303 e. The molecule has 0 spiro atoms. The molecule has 0 bridgehead atoms. The fourth-order valence-corrected chi connectivity index (χ4v) is 2.58. The molecule has 0 aromatic heterocycles. The molecule has 1 aliphatic rings. The Morgan fingerprint density at radius 2 is 2.22 bits per heavy atom. The number of likely N-dealkylation sites (tertiary alicyclic amines) is 1. The Kier molecular flexibility index (Phi) is 6.11. The van der Waals surface area contributed by atoms with Gasteiger partial charge in [0.25, 0.3) is 0 Å². The van der Waals surface area contributed by atoms with Gasteiger partial charge in [-0.3, -0.25) is 5.32 Å². The maximum atomic E-state index is 9.30. The van der Waals surface area contributed by atoms with Gasteiger partial charge in [-0.2, -0.15) is 5.26 Å². The van der Waals surface area contributed by atoms with Gasteiger partial charge in [-0.1, -0.05) is 20.8 Å². The van der Waals surface area contributed by atoms with E-state index in [1.165, 1.54) is 19.5 Å². The first-order valence-corrected chi connectivity index (χ1v) is 7.39. The Morgan fingerprint density at radius 1 is 1.50 bits per heavy atom. The monoisotopic (exact) mass is 251 g/mol. The Labute approximate surface area is 113 Å². The van der Waals surface area contributed by atoms with Crippen LogP contribution in [0.25, 0.3) is 0 Å². The van der Waals surface area contributed by atoms with Crippen LogP contribution in [0.2, 0.25) is 0 Å². The molecule has 0 aromatic rings. The van der Waals surface area contributed by atoms with Crippen molar-refractivity contribution in [2.75, 3.05) is 26.2 Å². The van der Waals surface area contributed by atoms with Gasteiger partial charge in [0.05, 0.1) is 6.07 Å². The summed E-state index contributed by atoms with van der Waals surface area (Å²) in [7, 11) is 0. The van der Waals surface area contributed by atoms with Crippen LogP contribution in [0.3, 0.4) is 0 Å². The molecule has 1 rings (SSSR count). The Morgan fingerprint density at radius 3 is 2.72 bits per heavy atom. The van der Waals surface area contributed by atoms with Gasteiger partial charge in [0.15, 0.2) is 0 Å². The van der Waals surface area contributed by atoms with Crippen molar-refractivity contribution < 1.29 is 0 Å². The average Bonchev–Trinajstić information content (AvgIpc) is 2.83. The standard InChI is InChI=1S/C15H29N3/c1-5-8-17-15(4,12-16)7-10-18-9-6-14(11-18)13(2)3/h13-14,17H,5-11H2,1-4H3. The Balaban J connectivity index is 2.34. The minimum Gasteiger partial charge on any atom is -0.303 e. The molecule has 2 atom stereocenters. The van der Waals surface area contributed by atoms with Gasteiger partial charge in [0, 0.05) is 13.1 Å². The van der Waals surface area contributed by atoms with E-state index in [1.54, 1.807) is 0 Å². The van der Waals surface area contributed by atoms with Crippen LogP contribution in [0.4, 0.5) is 0 Å². The maximum Gasteiger partial charge on any atom is 0.105 e. The van der Waals surface area contributed by atoms with E-state index in [1.807, 2.05) is 6.92 Å². The van der Waals surface area contributed by atoms with Gasteiger partial charge >= 0.3 is 0 Å². The summed E-state index contributed by atoms with van der Waals surface area (Å²) in [6.45, 7) is 13.2. The van der Waals surface area contributed by atoms with E-state index >= 15 is 0 Å². The third kappa shape index (κ3) is 4.59. The molecule has 1 aliphatic heterocycles. The lowest BCUT2D eigenvalue weighted by Crippen LogP contribution is -2.44. The van der Waals surface area contributed by atoms with Crippen molar-refractivity contribution in [2.24, 2.45) is 11.8 Å². The normalized spacial score (nSPS) is 24.1. The average molecular weight is 251 g/mol. The van der Waals surface area contributed by atoms with Crippen LogP contribution in [0.5, 0.6) is 0 Å². The van der Waals surface area contributed by atoms with Crippen molar-refractivity contribution in [3.05, 3.63) is 0 Å². The lowest BCUT2D eigenvalue weighted by atomic mass is 9.95. The Hall–Kier alpha value is -0.590. The first-order valence-electron chi connectivity index (χ1n) is 7.39. The second-order valence-electron chi connectivity index (χ2n) is 6.21. The van der Waals surface area contributed by atoms with Gasteiger partial charge in [-0.15, -0.1) is 0 Å². The van der Waals surface area contributed by atoms with Crippen LogP contribution in [0.15, 0.2) is 0 Å². The van der Waals surface area contributed by atoms with Crippen LogP contribution in [0, 0.1) is 23.2 Å². The molecule has 0 aliphatic carbocycles. The van der Waals surface area contributed by atoms with E-state index in [2.05, 4.69) is 37.1 Å². The molecule has 1 saturated heterocycles. The molecule has 0 saturated carbocycles. The predicted molar refractivity (Wildman–Crippen MR) is 76.3 cm³/mol. The molecular weight excluding hydrogens is 222 g/mol. The van der Waals surface area contributed by atoms with Crippen LogP contribution >= 0.6 is 0 Å². The van der Waals surface area contributed by atoms with Crippen molar-refractivity contribution >= 4 is 0 Å². The highest BCUT2D eigenvalue weighted by atomic mass is 15.1. The minimum atomic E-state index is -0.355. The smallest absolute Gasteiger partial charge is 0.105 e.